The highest BCUT2D eigenvalue weighted by Crippen LogP contribution is 2.35. The quantitative estimate of drug-likeness (QED) is 0.155. The van der Waals surface area contributed by atoms with Crippen molar-refractivity contribution >= 4 is 0 Å². The molecule has 0 amide bonds. The first-order chi connectivity index (χ1) is 35.6. The first kappa shape index (κ1) is 45.3. The summed E-state index contributed by atoms with van der Waals surface area (Å²) < 4.78 is 0. The Morgan fingerprint density at radius 3 is 0.431 bits per heavy atom. The average Bonchev–Trinajstić information content (AvgIpc) is 3.45. The highest BCUT2D eigenvalue weighted by atomic mass is 14.2. The summed E-state index contributed by atoms with van der Waals surface area (Å²) >= 11 is 0. The second-order valence-corrected chi connectivity index (χ2v) is 16.9. The van der Waals surface area contributed by atoms with E-state index in [0.29, 0.717) is 0 Å². The average molecular weight is 907 g/mol. The molecule has 0 nitrogen and oxygen atoms in total. The van der Waals surface area contributed by atoms with E-state index in [1.807, 2.05) is 182 Å². The molecule has 0 aliphatic carbocycles. The Labute approximate surface area is 423 Å². The van der Waals surface area contributed by atoms with Gasteiger partial charge in [-0.05, 0) is 179 Å². The summed E-state index contributed by atoms with van der Waals surface area (Å²) in [6, 6.07) is 86.3. The van der Waals surface area contributed by atoms with Gasteiger partial charge in [0.2, 0.25) is 0 Å². The third kappa shape index (κ3) is 12.6. The molecule has 330 valence electrons. The molecule has 0 aliphatic heterocycles. The van der Waals surface area contributed by atoms with Crippen molar-refractivity contribution in [3.8, 4) is 104 Å². The van der Waals surface area contributed by atoms with Crippen molar-refractivity contribution in [1.29, 1.82) is 0 Å². The summed E-state index contributed by atoms with van der Waals surface area (Å²) in [5.74, 6) is 41.1. The van der Waals surface area contributed by atoms with Gasteiger partial charge in [-0.1, -0.05) is 180 Å². The van der Waals surface area contributed by atoms with Crippen molar-refractivity contribution in [1.82, 2.24) is 0 Å². The Balaban J connectivity index is 1.19. The molecule has 0 radical (unpaired) electrons. The van der Waals surface area contributed by atoms with E-state index in [2.05, 4.69) is 144 Å². The van der Waals surface area contributed by atoms with E-state index in [4.69, 9.17) is 0 Å². The predicted octanol–water partition coefficient (Wildman–Crippen LogP) is 15.1. The van der Waals surface area contributed by atoms with E-state index in [1.165, 1.54) is 0 Å². The summed E-state index contributed by atoms with van der Waals surface area (Å²) in [5.41, 5.74) is 16.7. The minimum absolute atomic E-state index is 0.856. The normalized spacial score (nSPS) is 9.83. The third-order valence-electron chi connectivity index (χ3n) is 11.5. The van der Waals surface area contributed by atoms with Gasteiger partial charge in [-0.3, -0.25) is 0 Å². The molecule has 0 spiro atoms. The lowest BCUT2D eigenvalue weighted by Gasteiger charge is -2.14. The van der Waals surface area contributed by atoms with Crippen LogP contribution in [0.4, 0.5) is 0 Å². The lowest BCUT2D eigenvalue weighted by atomic mass is 9.90. The second kappa shape index (κ2) is 22.6. The Hall–Kier alpha value is -10.4. The molecule has 0 saturated carbocycles. The Bertz CT molecular complexity index is 3290. The second-order valence-electron chi connectivity index (χ2n) is 16.9. The fourth-order valence-electron chi connectivity index (χ4n) is 7.94. The molecule has 0 saturated heterocycles. The first-order valence-corrected chi connectivity index (χ1v) is 23.6. The van der Waals surface area contributed by atoms with Gasteiger partial charge in [0, 0.05) is 66.8 Å². The largest absolute Gasteiger partial charge is 0.0622 e. The first-order valence-electron chi connectivity index (χ1n) is 23.6. The van der Waals surface area contributed by atoms with Gasteiger partial charge in [0.25, 0.3) is 0 Å². The number of hydrogen-bond donors (Lipinski definition) is 0. The molecule has 0 aliphatic rings. The van der Waals surface area contributed by atoms with E-state index in [1.54, 1.807) is 0 Å². The number of hydrogen-bond acceptors (Lipinski definition) is 0. The van der Waals surface area contributed by atoms with E-state index < -0.39 is 0 Å². The smallest absolute Gasteiger partial charge is 0.0267 e. The van der Waals surface area contributed by atoms with Crippen LogP contribution in [0.1, 0.15) is 66.8 Å². The molecule has 10 aromatic carbocycles. The maximum Gasteiger partial charge on any atom is 0.0267 e. The fourth-order valence-corrected chi connectivity index (χ4v) is 7.94. The fraction of sp³-hybridized carbons (Fsp3) is 0. The molecule has 0 N–H and O–H groups in total. The molecule has 0 fully saturated rings. The topological polar surface area (TPSA) is 0 Å². The zero-order chi connectivity index (χ0) is 48.6. The molecule has 10 rings (SSSR count). The van der Waals surface area contributed by atoms with Crippen molar-refractivity contribution in [2.75, 3.05) is 0 Å². The van der Waals surface area contributed by atoms with Crippen LogP contribution < -0.4 is 0 Å². The molecular weight excluding hydrogens is 865 g/mol. The van der Waals surface area contributed by atoms with Gasteiger partial charge in [0.05, 0.1) is 0 Å². The Morgan fingerprint density at radius 1 is 0.125 bits per heavy atom. The number of benzene rings is 10. The van der Waals surface area contributed by atoms with E-state index in [9.17, 15) is 0 Å². The lowest BCUT2D eigenvalue weighted by Crippen LogP contribution is -1.92. The summed E-state index contributed by atoms with van der Waals surface area (Å²) in [6.45, 7) is 0. The SMILES string of the molecule is C(#Cc1cc(C#Cc2ccccc2)cc(-c2cc(-c3cc(C#Cc4ccccc4)cc(C#Cc4ccccc4)c3)cc(-c3cc(C#Cc4ccccc4)cc(C#Cc4ccccc4)c3)c2)c1)c1ccccc1. The van der Waals surface area contributed by atoms with Crippen LogP contribution in [-0.4, -0.2) is 0 Å². The van der Waals surface area contributed by atoms with Crippen molar-refractivity contribution in [2.45, 2.75) is 0 Å². The maximum atomic E-state index is 3.46. The minimum atomic E-state index is 0.856. The zero-order valence-corrected chi connectivity index (χ0v) is 39.2. The molecule has 0 heterocycles. The monoisotopic (exact) mass is 906 g/mol. The summed E-state index contributed by atoms with van der Waals surface area (Å²) in [4.78, 5) is 0. The lowest BCUT2D eigenvalue weighted by molar-refractivity contribution is 1.51. The van der Waals surface area contributed by atoms with Crippen molar-refractivity contribution < 1.29 is 0 Å². The zero-order valence-electron chi connectivity index (χ0n) is 39.2. The van der Waals surface area contributed by atoms with E-state index >= 15 is 0 Å². The van der Waals surface area contributed by atoms with Crippen LogP contribution in [0.3, 0.4) is 0 Å². The Morgan fingerprint density at radius 2 is 0.264 bits per heavy atom. The van der Waals surface area contributed by atoms with Crippen molar-refractivity contribution in [2.24, 2.45) is 0 Å². The van der Waals surface area contributed by atoms with Crippen LogP contribution in [0.25, 0.3) is 33.4 Å². The standard InChI is InChI=1S/C72H42/c1-7-19-55(20-8-1)31-37-61-43-62(38-32-56-21-9-2-10-22-56)47-67(46-61)70-52-71(68-48-63(39-33-57-23-11-3-12-24-57)44-64(49-68)40-34-58-25-13-4-14-26-58)54-72(53-70)69-50-65(41-35-59-27-15-5-16-28-59)45-66(51-69)42-36-60-29-17-6-18-30-60/h1-30,43-54H. The molecule has 10 aromatic rings. The van der Waals surface area contributed by atoms with Crippen LogP contribution in [0.2, 0.25) is 0 Å². The van der Waals surface area contributed by atoms with Crippen LogP contribution >= 0.6 is 0 Å². The third-order valence-corrected chi connectivity index (χ3v) is 11.5. The molecular formula is C72H42. The molecule has 0 heteroatoms. The highest BCUT2D eigenvalue weighted by molar-refractivity contribution is 5.84. The summed E-state index contributed by atoms with van der Waals surface area (Å²) in [5, 5.41) is 0. The van der Waals surface area contributed by atoms with Gasteiger partial charge in [-0.25, -0.2) is 0 Å². The van der Waals surface area contributed by atoms with Crippen LogP contribution in [0.5, 0.6) is 0 Å². The van der Waals surface area contributed by atoms with Crippen LogP contribution in [-0.2, 0) is 0 Å². The summed E-state index contributed by atoms with van der Waals surface area (Å²) in [7, 11) is 0. The predicted molar refractivity (Wildman–Crippen MR) is 297 cm³/mol. The molecule has 0 unspecified atom stereocenters. The number of rotatable bonds is 3. The van der Waals surface area contributed by atoms with Gasteiger partial charge in [0.15, 0.2) is 0 Å². The minimum Gasteiger partial charge on any atom is -0.0622 e. The van der Waals surface area contributed by atoms with E-state index in [-0.39, 0.29) is 0 Å². The van der Waals surface area contributed by atoms with Crippen molar-refractivity contribution in [3.63, 3.8) is 0 Å². The van der Waals surface area contributed by atoms with Crippen molar-refractivity contribution in [3.05, 3.63) is 322 Å². The molecule has 0 aromatic heterocycles. The molecule has 72 heavy (non-hydrogen) atoms. The van der Waals surface area contributed by atoms with E-state index in [0.717, 1.165) is 100 Å². The van der Waals surface area contributed by atoms with Gasteiger partial charge >= 0.3 is 0 Å². The van der Waals surface area contributed by atoms with Gasteiger partial charge in [-0.15, -0.1) is 0 Å². The van der Waals surface area contributed by atoms with Crippen LogP contribution in [0.15, 0.2) is 255 Å². The molecule has 0 atom stereocenters. The van der Waals surface area contributed by atoms with Crippen LogP contribution in [0, 0.1) is 71.0 Å². The van der Waals surface area contributed by atoms with Gasteiger partial charge < -0.3 is 0 Å². The van der Waals surface area contributed by atoms with Gasteiger partial charge in [-0.2, -0.15) is 0 Å². The highest BCUT2D eigenvalue weighted by Gasteiger charge is 2.12. The summed E-state index contributed by atoms with van der Waals surface area (Å²) in [6.07, 6.45) is 0. The molecule has 0 bridgehead atoms. The van der Waals surface area contributed by atoms with Gasteiger partial charge in [0.1, 0.15) is 0 Å². The maximum absolute atomic E-state index is 3.46. The Kier molecular flexibility index (Phi) is 14.2.